The van der Waals surface area contributed by atoms with E-state index in [9.17, 15) is 5.11 Å². The van der Waals surface area contributed by atoms with Crippen molar-refractivity contribution < 1.29 is 9.84 Å². The van der Waals surface area contributed by atoms with E-state index in [1.54, 1.807) is 0 Å². The number of ether oxygens (including phenoxy) is 1. The Labute approximate surface area is 155 Å². The third kappa shape index (κ3) is 4.37. The van der Waals surface area contributed by atoms with Gasteiger partial charge in [-0.15, -0.1) is 11.6 Å². The Morgan fingerprint density at radius 1 is 1.04 bits per heavy atom. The van der Waals surface area contributed by atoms with Crippen molar-refractivity contribution in [2.24, 2.45) is 11.8 Å². The molecule has 1 N–H and O–H groups in total. The van der Waals surface area contributed by atoms with Crippen molar-refractivity contribution >= 4 is 11.6 Å². The van der Waals surface area contributed by atoms with Crippen molar-refractivity contribution in [2.75, 3.05) is 6.61 Å². The number of aliphatic hydroxyl groups excluding tert-OH is 1. The molecule has 0 amide bonds. The van der Waals surface area contributed by atoms with Crippen LogP contribution in [0.4, 0.5) is 0 Å². The van der Waals surface area contributed by atoms with Crippen molar-refractivity contribution in [3.05, 3.63) is 65.2 Å². The van der Waals surface area contributed by atoms with Gasteiger partial charge >= 0.3 is 0 Å². The maximum Gasteiger partial charge on any atom is 0.122 e. The standard InChI is InChI=1S/C22H27ClO2/c1-15-7-6-10-22(16(15)2)25-14-19-18(21(24)13-20(19)23)12-11-17-8-4-3-5-9-17/h3-10,18-21,24H,11-14H2,1-2H3/t18-,19-,20?,21?/m1/s1. The van der Waals surface area contributed by atoms with Crippen molar-refractivity contribution in [1.82, 2.24) is 0 Å². The highest BCUT2D eigenvalue weighted by molar-refractivity contribution is 6.21. The Morgan fingerprint density at radius 3 is 2.56 bits per heavy atom. The van der Waals surface area contributed by atoms with E-state index >= 15 is 0 Å². The molecule has 0 aromatic heterocycles. The molecule has 4 atom stereocenters. The number of aryl methyl sites for hydroxylation is 2. The molecule has 0 heterocycles. The molecule has 1 saturated carbocycles. The molecule has 2 nitrogen and oxygen atoms in total. The average molecular weight is 359 g/mol. The highest BCUT2D eigenvalue weighted by Crippen LogP contribution is 2.39. The Hall–Kier alpha value is -1.51. The van der Waals surface area contributed by atoms with Crippen LogP contribution in [0.2, 0.25) is 0 Å². The molecule has 0 bridgehead atoms. The molecule has 1 fully saturated rings. The molecule has 2 unspecified atom stereocenters. The minimum absolute atomic E-state index is 0.0270. The third-order valence-corrected chi connectivity index (χ3v) is 6.07. The second-order valence-electron chi connectivity index (χ2n) is 7.18. The minimum atomic E-state index is -0.335. The lowest BCUT2D eigenvalue weighted by Gasteiger charge is -2.24. The van der Waals surface area contributed by atoms with Gasteiger partial charge in [-0.2, -0.15) is 0 Å². The van der Waals surface area contributed by atoms with Crippen LogP contribution in [0.15, 0.2) is 48.5 Å². The van der Waals surface area contributed by atoms with E-state index in [1.807, 2.05) is 18.2 Å². The first-order chi connectivity index (χ1) is 12.1. The predicted octanol–water partition coefficient (Wildman–Crippen LogP) is 4.92. The molecular formula is C22H27ClO2. The van der Waals surface area contributed by atoms with Crippen molar-refractivity contribution in [3.63, 3.8) is 0 Å². The van der Waals surface area contributed by atoms with Crippen LogP contribution in [0, 0.1) is 25.7 Å². The van der Waals surface area contributed by atoms with E-state index in [-0.39, 0.29) is 23.3 Å². The second-order valence-corrected chi connectivity index (χ2v) is 7.74. The van der Waals surface area contributed by atoms with Crippen LogP contribution in [0.5, 0.6) is 5.75 Å². The summed E-state index contributed by atoms with van der Waals surface area (Å²) in [6.07, 6.45) is 2.22. The molecule has 3 heteroatoms. The van der Waals surface area contributed by atoms with Gasteiger partial charge in [0.15, 0.2) is 0 Å². The molecular weight excluding hydrogens is 332 g/mol. The quantitative estimate of drug-likeness (QED) is 0.743. The van der Waals surface area contributed by atoms with E-state index in [4.69, 9.17) is 16.3 Å². The topological polar surface area (TPSA) is 29.5 Å². The number of aliphatic hydroxyl groups is 1. The fourth-order valence-electron chi connectivity index (χ4n) is 3.81. The first-order valence-electron chi connectivity index (χ1n) is 9.11. The van der Waals surface area contributed by atoms with Crippen LogP contribution >= 0.6 is 11.6 Å². The number of rotatable bonds is 6. The summed E-state index contributed by atoms with van der Waals surface area (Å²) in [7, 11) is 0. The lowest BCUT2D eigenvalue weighted by Crippen LogP contribution is -2.27. The minimum Gasteiger partial charge on any atom is -0.493 e. The van der Waals surface area contributed by atoms with Gasteiger partial charge in [0.1, 0.15) is 5.75 Å². The highest BCUT2D eigenvalue weighted by atomic mass is 35.5. The number of hydrogen-bond acceptors (Lipinski definition) is 2. The van der Waals surface area contributed by atoms with Gasteiger partial charge in [0.05, 0.1) is 12.7 Å². The maximum absolute atomic E-state index is 10.5. The molecule has 25 heavy (non-hydrogen) atoms. The van der Waals surface area contributed by atoms with Gasteiger partial charge in [-0.05, 0) is 61.8 Å². The summed E-state index contributed by atoms with van der Waals surface area (Å²) in [5.41, 5.74) is 3.71. The van der Waals surface area contributed by atoms with Gasteiger partial charge in [-0.1, -0.05) is 42.5 Å². The molecule has 0 aliphatic heterocycles. The lowest BCUT2D eigenvalue weighted by molar-refractivity contribution is 0.0968. The number of hydrogen-bond donors (Lipinski definition) is 1. The van der Waals surface area contributed by atoms with Gasteiger partial charge in [0.2, 0.25) is 0 Å². The fraction of sp³-hybridized carbons (Fsp3) is 0.455. The molecule has 1 aliphatic carbocycles. The molecule has 2 aromatic rings. The number of halogens is 1. The molecule has 3 rings (SSSR count). The Morgan fingerprint density at radius 2 is 1.80 bits per heavy atom. The van der Waals surface area contributed by atoms with Crippen LogP contribution in [-0.2, 0) is 6.42 Å². The summed E-state index contributed by atoms with van der Waals surface area (Å²) in [6, 6.07) is 16.6. The molecule has 2 aromatic carbocycles. The van der Waals surface area contributed by atoms with Crippen LogP contribution in [0.25, 0.3) is 0 Å². The lowest BCUT2D eigenvalue weighted by atomic mass is 9.89. The van der Waals surface area contributed by atoms with Gasteiger partial charge in [-0.25, -0.2) is 0 Å². The summed E-state index contributed by atoms with van der Waals surface area (Å²) < 4.78 is 6.11. The molecule has 1 aliphatic rings. The normalized spacial score (nSPS) is 25.9. The van der Waals surface area contributed by atoms with Gasteiger partial charge < -0.3 is 9.84 Å². The zero-order valence-electron chi connectivity index (χ0n) is 15.0. The smallest absolute Gasteiger partial charge is 0.122 e. The zero-order valence-corrected chi connectivity index (χ0v) is 15.7. The SMILES string of the molecule is Cc1cccc(OC[C@H]2C(Cl)CC(O)[C@@H]2CCc2ccccc2)c1C. The highest BCUT2D eigenvalue weighted by Gasteiger charge is 2.41. The molecule has 0 spiro atoms. The van der Waals surface area contributed by atoms with Crippen LogP contribution in [0.1, 0.15) is 29.5 Å². The third-order valence-electron chi connectivity index (χ3n) is 5.57. The maximum atomic E-state index is 10.5. The summed E-state index contributed by atoms with van der Waals surface area (Å²) >= 11 is 6.55. The summed E-state index contributed by atoms with van der Waals surface area (Å²) in [5, 5.41) is 10.4. The first-order valence-corrected chi connectivity index (χ1v) is 9.55. The van der Waals surface area contributed by atoms with Crippen LogP contribution < -0.4 is 4.74 Å². The molecule has 0 radical (unpaired) electrons. The van der Waals surface area contributed by atoms with Crippen LogP contribution in [0.3, 0.4) is 0 Å². The van der Waals surface area contributed by atoms with Crippen molar-refractivity contribution in [2.45, 2.75) is 44.6 Å². The van der Waals surface area contributed by atoms with E-state index in [0.717, 1.165) is 18.6 Å². The molecule has 0 saturated heterocycles. The van der Waals surface area contributed by atoms with Crippen molar-refractivity contribution in [1.29, 1.82) is 0 Å². The predicted molar refractivity (Wildman–Crippen MR) is 103 cm³/mol. The van der Waals surface area contributed by atoms with E-state index in [1.165, 1.54) is 16.7 Å². The van der Waals surface area contributed by atoms with Gasteiger partial charge in [-0.3, -0.25) is 0 Å². The summed E-state index contributed by atoms with van der Waals surface area (Å²) in [4.78, 5) is 0. The Kier molecular flexibility index (Phi) is 6.03. The number of alkyl halides is 1. The molecule has 134 valence electrons. The monoisotopic (exact) mass is 358 g/mol. The van der Waals surface area contributed by atoms with Gasteiger partial charge in [0.25, 0.3) is 0 Å². The average Bonchev–Trinajstić information content (AvgIpc) is 2.88. The number of benzene rings is 2. The largest absolute Gasteiger partial charge is 0.493 e. The van der Waals surface area contributed by atoms with Crippen LogP contribution in [-0.4, -0.2) is 23.2 Å². The summed E-state index contributed by atoms with van der Waals surface area (Å²) in [6.45, 7) is 4.74. The first kappa shape index (κ1) is 18.3. The van der Waals surface area contributed by atoms with E-state index < -0.39 is 0 Å². The Bertz CT molecular complexity index is 686. The Balaban J connectivity index is 1.64. The van der Waals surface area contributed by atoms with Gasteiger partial charge in [0, 0.05) is 11.3 Å². The zero-order chi connectivity index (χ0) is 17.8. The fourth-order valence-corrected chi connectivity index (χ4v) is 4.26. The van der Waals surface area contributed by atoms with E-state index in [0.29, 0.717) is 13.0 Å². The second kappa shape index (κ2) is 8.25. The van der Waals surface area contributed by atoms with E-state index in [2.05, 4.69) is 44.2 Å². The summed E-state index contributed by atoms with van der Waals surface area (Å²) in [5.74, 6) is 1.29. The van der Waals surface area contributed by atoms with Crippen molar-refractivity contribution in [3.8, 4) is 5.75 Å².